The monoisotopic (exact) mass is 553 g/mol. The fourth-order valence-electron chi connectivity index (χ4n) is 3.53. The van der Waals surface area contributed by atoms with E-state index in [1.165, 1.54) is 12.5 Å². The van der Waals surface area contributed by atoms with Crippen molar-refractivity contribution in [3.8, 4) is 0 Å². The van der Waals surface area contributed by atoms with Gasteiger partial charge in [-0.2, -0.15) is 0 Å². The molecule has 4 unspecified atom stereocenters. The topological polar surface area (TPSA) is 281 Å². The predicted octanol–water partition coefficient (Wildman–Crippen LogP) is -2.22. The molecule has 0 fully saturated rings. The van der Waals surface area contributed by atoms with E-state index in [9.17, 15) is 29.1 Å². The van der Waals surface area contributed by atoms with E-state index in [1.807, 2.05) is 13.8 Å². The van der Waals surface area contributed by atoms with Crippen LogP contribution in [0.15, 0.2) is 17.5 Å². The average molecular weight is 554 g/mol. The summed E-state index contributed by atoms with van der Waals surface area (Å²) >= 11 is 0. The molecule has 0 aliphatic rings. The zero-order chi connectivity index (χ0) is 29.5. The van der Waals surface area contributed by atoms with Gasteiger partial charge < -0.3 is 48.3 Å². The van der Waals surface area contributed by atoms with Crippen LogP contribution in [0.3, 0.4) is 0 Å². The Labute approximate surface area is 225 Å². The molecule has 218 valence electrons. The van der Waals surface area contributed by atoms with Crippen LogP contribution in [-0.2, 0) is 30.4 Å². The average Bonchev–Trinajstić information content (AvgIpc) is 3.35. The van der Waals surface area contributed by atoms with Crippen LogP contribution < -0.4 is 33.2 Å². The highest BCUT2D eigenvalue weighted by molar-refractivity contribution is 5.94. The van der Waals surface area contributed by atoms with Crippen LogP contribution >= 0.6 is 0 Å². The number of carbonyl (C=O) groups excluding carboxylic acids is 3. The summed E-state index contributed by atoms with van der Waals surface area (Å²) in [6.45, 7) is 3.80. The molecule has 0 aliphatic heterocycles. The third-order valence-corrected chi connectivity index (χ3v) is 5.52. The SMILES string of the molecule is CC(C)CC(NC(=O)C(N)CCC(=O)O)C(=O)NC(CCCN=C(N)N)C(=O)NC(Cc1cnc[nH]1)C(=O)O. The van der Waals surface area contributed by atoms with Crippen molar-refractivity contribution < 1.29 is 34.2 Å². The van der Waals surface area contributed by atoms with Gasteiger partial charge in [0.2, 0.25) is 17.7 Å². The lowest BCUT2D eigenvalue weighted by Gasteiger charge is -2.26. The summed E-state index contributed by atoms with van der Waals surface area (Å²) in [6, 6.07) is -4.72. The van der Waals surface area contributed by atoms with Crippen LogP contribution in [0.25, 0.3) is 0 Å². The van der Waals surface area contributed by atoms with Gasteiger partial charge in [0.05, 0.1) is 12.4 Å². The standard InChI is InChI=1S/C23H39N9O7/c1-12(2)8-16(31-19(35)14(24)5-6-18(33)34)21(37)30-15(4-3-7-28-23(25)26)20(36)32-17(22(38)39)9-13-10-27-11-29-13/h10-12,14-17H,3-9,24H2,1-2H3,(H,27,29)(H,30,37)(H,31,35)(H,32,36)(H,33,34)(H,38,39)(H4,25,26,28). The number of H-pyrrole nitrogens is 1. The molecular formula is C23H39N9O7. The first-order chi connectivity index (χ1) is 18.3. The number of hydrogen-bond donors (Lipinski definition) is 9. The number of aliphatic imine (C=N–C) groups is 1. The zero-order valence-electron chi connectivity index (χ0n) is 22.1. The number of rotatable bonds is 18. The summed E-state index contributed by atoms with van der Waals surface area (Å²) in [7, 11) is 0. The third kappa shape index (κ3) is 13.2. The van der Waals surface area contributed by atoms with Gasteiger partial charge in [0.25, 0.3) is 0 Å². The molecule has 0 bridgehead atoms. The number of carboxylic acids is 2. The Morgan fingerprint density at radius 2 is 1.59 bits per heavy atom. The van der Waals surface area contributed by atoms with Gasteiger partial charge in [-0.05, 0) is 31.6 Å². The van der Waals surface area contributed by atoms with Gasteiger partial charge >= 0.3 is 11.9 Å². The van der Waals surface area contributed by atoms with Crippen LogP contribution in [0.1, 0.15) is 51.6 Å². The summed E-state index contributed by atoms with van der Waals surface area (Å²) in [5, 5.41) is 26.0. The van der Waals surface area contributed by atoms with Crippen LogP contribution in [-0.4, -0.2) is 86.5 Å². The molecule has 16 heteroatoms. The summed E-state index contributed by atoms with van der Waals surface area (Å²) < 4.78 is 0. The molecule has 0 radical (unpaired) electrons. The summed E-state index contributed by atoms with van der Waals surface area (Å²) in [4.78, 5) is 71.8. The molecule has 0 saturated heterocycles. The van der Waals surface area contributed by atoms with E-state index in [-0.39, 0.29) is 56.9 Å². The Balaban J connectivity index is 3.03. The molecule has 0 aliphatic carbocycles. The Hall–Kier alpha value is -4.21. The van der Waals surface area contributed by atoms with Gasteiger partial charge in [-0.3, -0.25) is 24.2 Å². The summed E-state index contributed by atoms with van der Waals surface area (Å²) in [6.07, 6.45) is 2.81. The number of guanidine groups is 1. The van der Waals surface area contributed by atoms with Gasteiger partial charge in [0, 0.05) is 31.3 Å². The van der Waals surface area contributed by atoms with E-state index in [0.717, 1.165) is 0 Å². The van der Waals surface area contributed by atoms with Gasteiger partial charge in [-0.15, -0.1) is 0 Å². The van der Waals surface area contributed by atoms with E-state index in [1.54, 1.807) is 0 Å². The maximum Gasteiger partial charge on any atom is 0.326 e. The van der Waals surface area contributed by atoms with E-state index in [2.05, 4.69) is 30.9 Å². The Kier molecular flexibility index (Phi) is 14.0. The molecule has 16 nitrogen and oxygen atoms in total. The number of imidazole rings is 1. The molecular weight excluding hydrogens is 514 g/mol. The number of amides is 3. The Morgan fingerprint density at radius 1 is 0.974 bits per heavy atom. The van der Waals surface area contributed by atoms with Crippen molar-refractivity contribution in [3.63, 3.8) is 0 Å². The molecule has 0 spiro atoms. The van der Waals surface area contributed by atoms with E-state index < -0.39 is 53.8 Å². The van der Waals surface area contributed by atoms with Crippen LogP contribution in [0, 0.1) is 5.92 Å². The second-order valence-electron chi connectivity index (χ2n) is 9.42. The smallest absolute Gasteiger partial charge is 0.326 e. The molecule has 0 saturated carbocycles. The maximum atomic E-state index is 13.2. The van der Waals surface area contributed by atoms with Crippen LogP contribution in [0.5, 0.6) is 0 Å². The van der Waals surface area contributed by atoms with Gasteiger partial charge in [-0.25, -0.2) is 9.78 Å². The first-order valence-electron chi connectivity index (χ1n) is 12.4. The number of aromatic nitrogens is 2. The molecule has 12 N–H and O–H groups in total. The lowest BCUT2D eigenvalue weighted by molar-refractivity contribution is -0.142. The van der Waals surface area contributed by atoms with Crippen molar-refractivity contribution in [1.29, 1.82) is 0 Å². The largest absolute Gasteiger partial charge is 0.481 e. The number of carbonyl (C=O) groups is 5. The van der Waals surface area contributed by atoms with Gasteiger partial charge in [0.1, 0.15) is 18.1 Å². The molecule has 39 heavy (non-hydrogen) atoms. The number of aromatic amines is 1. The minimum Gasteiger partial charge on any atom is -0.481 e. The first-order valence-corrected chi connectivity index (χ1v) is 12.4. The number of hydrogen-bond acceptors (Lipinski definition) is 8. The van der Waals surface area contributed by atoms with Gasteiger partial charge in [0.15, 0.2) is 5.96 Å². The summed E-state index contributed by atoms with van der Waals surface area (Å²) in [5.74, 6) is -4.75. The fraction of sp³-hybridized carbons (Fsp3) is 0.609. The Bertz CT molecular complexity index is 994. The molecule has 3 amide bonds. The van der Waals surface area contributed by atoms with Crippen molar-refractivity contribution in [3.05, 3.63) is 18.2 Å². The van der Waals surface area contributed by atoms with Crippen molar-refractivity contribution in [2.45, 2.75) is 76.5 Å². The third-order valence-electron chi connectivity index (χ3n) is 5.52. The number of nitrogens with one attached hydrogen (secondary N) is 4. The fourth-order valence-corrected chi connectivity index (χ4v) is 3.53. The zero-order valence-corrected chi connectivity index (χ0v) is 22.1. The second kappa shape index (κ2) is 16.6. The number of aliphatic carboxylic acids is 2. The predicted molar refractivity (Wildman–Crippen MR) is 140 cm³/mol. The lowest BCUT2D eigenvalue weighted by Crippen LogP contribution is -2.57. The van der Waals surface area contributed by atoms with E-state index in [4.69, 9.17) is 22.3 Å². The number of nitrogens with two attached hydrogens (primary N) is 3. The minimum atomic E-state index is -1.31. The normalized spacial score (nSPS) is 13.9. The quantitative estimate of drug-likeness (QED) is 0.0533. The van der Waals surface area contributed by atoms with Crippen molar-refractivity contribution in [2.75, 3.05) is 6.54 Å². The molecule has 4 atom stereocenters. The number of nitrogens with zero attached hydrogens (tertiary/aromatic N) is 2. The van der Waals surface area contributed by atoms with Crippen molar-refractivity contribution in [2.24, 2.45) is 28.1 Å². The molecule has 1 rings (SSSR count). The highest BCUT2D eigenvalue weighted by Gasteiger charge is 2.31. The molecule has 1 aromatic rings. The van der Waals surface area contributed by atoms with Gasteiger partial charge in [-0.1, -0.05) is 13.8 Å². The minimum absolute atomic E-state index is 0.0452. The molecule has 1 heterocycles. The summed E-state index contributed by atoms with van der Waals surface area (Å²) in [5.41, 5.74) is 16.9. The second-order valence-corrected chi connectivity index (χ2v) is 9.42. The van der Waals surface area contributed by atoms with E-state index in [0.29, 0.717) is 5.69 Å². The lowest BCUT2D eigenvalue weighted by atomic mass is 10.0. The van der Waals surface area contributed by atoms with Crippen LogP contribution in [0.4, 0.5) is 0 Å². The Morgan fingerprint density at radius 3 is 2.13 bits per heavy atom. The van der Waals surface area contributed by atoms with Crippen LogP contribution in [0.2, 0.25) is 0 Å². The van der Waals surface area contributed by atoms with Crippen molar-refractivity contribution >= 4 is 35.6 Å². The van der Waals surface area contributed by atoms with Crippen molar-refractivity contribution in [1.82, 2.24) is 25.9 Å². The maximum absolute atomic E-state index is 13.2. The highest BCUT2D eigenvalue weighted by Crippen LogP contribution is 2.09. The highest BCUT2D eigenvalue weighted by atomic mass is 16.4. The number of carboxylic acid groups (broad SMARTS) is 2. The molecule has 1 aromatic heterocycles. The first kappa shape index (κ1) is 32.8. The van der Waals surface area contributed by atoms with E-state index >= 15 is 0 Å². The molecule has 0 aromatic carbocycles.